The molecule has 2 amide bonds. The second-order valence-electron chi connectivity index (χ2n) is 7.03. The Morgan fingerprint density at radius 1 is 1.04 bits per heavy atom. The van der Waals surface area contributed by atoms with Gasteiger partial charge in [0.15, 0.2) is 0 Å². The molecule has 0 bridgehead atoms. The molecule has 0 saturated carbocycles. The molecule has 0 aliphatic heterocycles. The summed E-state index contributed by atoms with van der Waals surface area (Å²) in [5, 5.41) is 2.69. The normalized spacial score (nSPS) is 11.7. The zero-order valence-electron chi connectivity index (χ0n) is 17.2. The van der Waals surface area contributed by atoms with Gasteiger partial charge in [-0.15, -0.1) is 11.8 Å². The Morgan fingerprint density at radius 3 is 2.36 bits per heavy atom. The first-order valence-electron chi connectivity index (χ1n) is 9.64. The maximum absolute atomic E-state index is 13.0. The summed E-state index contributed by atoms with van der Waals surface area (Å²) in [5.74, 6) is 1.01. The molecular formula is C23H30N2O2S. The molecule has 1 N–H and O–H groups in total. The number of hydrogen-bond donors (Lipinski definition) is 1. The Labute approximate surface area is 172 Å². The van der Waals surface area contributed by atoms with Gasteiger partial charge in [0, 0.05) is 19.3 Å². The highest BCUT2D eigenvalue weighted by Gasteiger charge is 2.27. The molecule has 0 aliphatic carbocycles. The van der Waals surface area contributed by atoms with Gasteiger partial charge in [0.05, 0.1) is 5.75 Å². The van der Waals surface area contributed by atoms with Crippen molar-refractivity contribution in [2.75, 3.05) is 12.8 Å². The van der Waals surface area contributed by atoms with E-state index in [1.165, 1.54) is 16.7 Å². The molecule has 1 atom stereocenters. The molecule has 2 aromatic rings. The molecule has 0 aliphatic rings. The van der Waals surface area contributed by atoms with E-state index in [-0.39, 0.29) is 11.8 Å². The van der Waals surface area contributed by atoms with Gasteiger partial charge in [-0.05, 0) is 31.4 Å². The van der Waals surface area contributed by atoms with Gasteiger partial charge in [-0.1, -0.05) is 66.6 Å². The van der Waals surface area contributed by atoms with E-state index in [1.807, 2.05) is 44.2 Å². The van der Waals surface area contributed by atoms with E-state index in [0.29, 0.717) is 18.7 Å². The molecule has 0 aromatic heterocycles. The van der Waals surface area contributed by atoms with Crippen LogP contribution in [0.25, 0.3) is 0 Å². The van der Waals surface area contributed by atoms with Gasteiger partial charge in [-0.25, -0.2) is 0 Å². The number of thioether (sulfide) groups is 1. The number of carbonyl (C=O) groups is 2. The van der Waals surface area contributed by atoms with Gasteiger partial charge in [0.2, 0.25) is 11.8 Å². The predicted octanol–water partition coefficient (Wildman–Crippen LogP) is 4.09. The zero-order valence-corrected chi connectivity index (χ0v) is 18.0. The molecular weight excluding hydrogens is 368 g/mol. The lowest BCUT2D eigenvalue weighted by molar-refractivity contribution is -0.139. The molecule has 0 spiro atoms. The summed E-state index contributed by atoms with van der Waals surface area (Å²) >= 11 is 1.59. The fourth-order valence-electron chi connectivity index (χ4n) is 3.12. The molecule has 2 aromatic carbocycles. The van der Waals surface area contributed by atoms with E-state index in [4.69, 9.17) is 0 Å². The zero-order chi connectivity index (χ0) is 20.5. The molecule has 0 heterocycles. The van der Waals surface area contributed by atoms with Gasteiger partial charge in [0.1, 0.15) is 6.04 Å². The standard InChI is InChI=1S/C23H30N2O2S/c1-5-21(23(27)24-4)25(14-19-11-9-17(2)10-12-19)22(26)16-28-15-20-8-6-7-18(3)13-20/h6-13,21H,5,14-16H2,1-4H3,(H,24,27)/t21-/m0/s1. The number of nitrogens with zero attached hydrogens (tertiary/aromatic N) is 1. The fraction of sp³-hybridized carbons (Fsp3) is 0.391. The van der Waals surface area contributed by atoms with Gasteiger partial charge in [0.25, 0.3) is 0 Å². The largest absolute Gasteiger partial charge is 0.357 e. The summed E-state index contributed by atoms with van der Waals surface area (Å²) in [6.07, 6.45) is 0.583. The quantitative estimate of drug-likeness (QED) is 0.692. The van der Waals surface area contributed by atoms with E-state index in [9.17, 15) is 9.59 Å². The monoisotopic (exact) mass is 398 g/mol. The number of aryl methyl sites for hydroxylation is 2. The molecule has 0 unspecified atom stereocenters. The van der Waals surface area contributed by atoms with Gasteiger partial charge in [-0.2, -0.15) is 0 Å². The second-order valence-corrected chi connectivity index (χ2v) is 8.01. The third-order valence-corrected chi connectivity index (χ3v) is 5.67. The molecule has 0 saturated heterocycles. The van der Waals surface area contributed by atoms with Gasteiger partial charge < -0.3 is 10.2 Å². The number of amides is 2. The van der Waals surface area contributed by atoms with Crippen LogP contribution in [0.5, 0.6) is 0 Å². The number of likely N-dealkylation sites (N-methyl/N-ethyl adjacent to an activating group) is 1. The van der Waals surface area contributed by atoms with Crippen molar-refractivity contribution in [2.45, 2.75) is 45.5 Å². The minimum atomic E-state index is -0.460. The first-order chi connectivity index (χ1) is 13.4. The Balaban J connectivity index is 2.08. The van der Waals surface area contributed by atoms with Gasteiger partial charge in [-0.3, -0.25) is 9.59 Å². The predicted molar refractivity (Wildman–Crippen MR) is 117 cm³/mol. The van der Waals surface area contributed by atoms with Crippen LogP contribution < -0.4 is 5.32 Å². The molecule has 4 nitrogen and oxygen atoms in total. The second kappa shape index (κ2) is 10.9. The molecule has 2 rings (SSSR count). The maximum Gasteiger partial charge on any atom is 0.242 e. The van der Waals surface area contributed by atoms with Crippen molar-refractivity contribution < 1.29 is 9.59 Å². The topological polar surface area (TPSA) is 49.4 Å². The highest BCUT2D eigenvalue weighted by atomic mass is 32.2. The van der Waals surface area contributed by atoms with Crippen molar-refractivity contribution in [2.24, 2.45) is 0 Å². The van der Waals surface area contributed by atoms with Crippen LogP contribution in [0.1, 0.15) is 35.6 Å². The van der Waals surface area contributed by atoms with Crippen LogP contribution in [-0.4, -0.2) is 35.6 Å². The molecule has 0 radical (unpaired) electrons. The Morgan fingerprint density at radius 2 is 1.75 bits per heavy atom. The number of nitrogens with one attached hydrogen (secondary N) is 1. The van der Waals surface area contributed by atoms with Gasteiger partial charge >= 0.3 is 0 Å². The lowest BCUT2D eigenvalue weighted by atomic mass is 10.1. The Bertz CT molecular complexity index is 789. The lowest BCUT2D eigenvalue weighted by Crippen LogP contribution is -2.48. The van der Waals surface area contributed by atoms with E-state index in [2.05, 4.69) is 30.4 Å². The summed E-state index contributed by atoms with van der Waals surface area (Å²) in [5.41, 5.74) is 4.64. The first-order valence-corrected chi connectivity index (χ1v) is 10.8. The molecule has 0 fully saturated rings. The van der Waals surface area contributed by atoms with E-state index in [1.54, 1.807) is 23.7 Å². The smallest absolute Gasteiger partial charge is 0.242 e. The molecule has 28 heavy (non-hydrogen) atoms. The highest BCUT2D eigenvalue weighted by Crippen LogP contribution is 2.18. The molecule has 5 heteroatoms. The SMILES string of the molecule is CC[C@@H](C(=O)NC)N(Cc1ccc(C)cc1)C(=O)CSCc1cccc(C)c1. The van der Waals surface area contributed by atoms with Crippen molar-refractivity contribution in [1.82, 2.24) is 10.2 Å². The summed E-state index contributed by atoms with van der Waals surface area (Å²) in [6.45, 7) is 6.48. The van der Waals surface area contributed by atoms with Crippen molar-refractivity contribution >= 4 is 23.6 Å². The summed E-state index contributed by atoms with van der Waals surface area (Å²) in [6, 6.07) is 16.0. The third-order valence-electron chi connectivity index (χ3n) is 4.68. The van der Waals surface area contributed by atoms with Crippen LogP contribution in [0.4, 0.5) is 0 Å². The van der Waals surface area contributed by atoms with Crippen LogP contribution in [-0.2, 0) is 21.9 Å². The van der Waals surface area contributed by atoms with E-state index in [0.717, 1.165) is 11.3 Å². The fourth-order valence-corrected chi connectivity index (χ4v) is 3.98. The first kappa shape index (κ1) is 22.0. The maximum atomic E-state index is 13.0. The van der Waals surface area contributed by atoms with Crippen molar-refractivity contribution in [3.8, 4) is 0 Å². The number of rotatable bonds is 9. The van der Waals surface area contributed by atoms with Crippen molar-refractivity contribution in [1.29, 1.82) is 0 Å². The average Bonchev–Trinajstić information content (AvgIpc) is 2.69. The minimum absolute atomic E-state index is 0.00585. The summed E-state index contributed by atoms with van der Waals surface area (Å²) in [4.78, 5) is 27.1. The summed E-state index contributed by atoms with van der Waals surface area (Å²) < 4.78 is 0. The Hall–Kier alpha value is -2.27. The molecule has 150 valence electrons. The number of benzene rings is 2. The number of hydrogen-bond acceptors (Lipinski definition) is 3. The Kier molecular flexibility index (Phi) is 8.58. The van der Waals surface area contributed by atoms with Crippen LogP contribution in [0, 0.1) is 13.8 Å². The van der Waals surface area contributed by atoms with Crippen LogP contribution >= 0.6 is 11.8 Å². The van der Waals surface area contributed by atoms with Crippen molar-refractivity contribution in [3.63, 3.8) is 0 Å². The highest BCUT2D eigenvalue weighted by molar-refractivity contribution is 7.99. The van der Waals surface area contributed by atoms with Crippen LogP contribution in [0.15, 0.2) is 48.5 Å². The lowest BCUT2D eigenvalue weighted by Gasteiger charge is -2.30. The van der Waals surface area contributed by atoms with Crippen molar-refractivity contribution in [3.05, 3.63) is 70.8 Å². The van der Waals surface area contributed by atoms with Crippen LogP contribution in [0.3, 0.4) is 0 Å². The minimum Gasteiger partial charge on any atom is -0.357 e. The third kappa shape index (κ3) is 6.41. The van der Waals surface area contributed by atoms with E-state index >= 15 is 0 Å². The van der Waals surface area contributed by atoms with E-state index < -0.39 is 6.04 Å². The number of carbonyl (C=O) groups excluding carboxylic acids is 2. The average molecular weight is 399 g/mol. The summed E-state index contributed by atoms with van der Waals surface area (Å²) in [7, 11) is 1.62. The van der Waals surface area contributed by atoms with Crippen LogP contribution in [0.2, 0.25) is 0 Å².